The largest absolute Gasteiger partial charge is 0.465 e. The maximum Gasteiger partial charge on any atom is 0.334 e. The number of allylic oxidation sites excluding steroid dienone is 1. The van der Waals surface area contributed by atoms with Crippen LogP contribution in [-0.2, 0) is 28.6 Å². The number of rotatable bonds is 2. The van der Waals surface area contributed by atoms with Crippen molar-refractivity contribution in [1.82, 2.24) is 0 Å². The van der Waals surface area contributed by atoms with E-state index in [1.54, 1.807) is 19.9 Å². The van der Waals surface area contributed by atoms with E-state index in [4.69, 9.17) is 14.2 Å². The van der Waals surface area contributed by atoms with Crippen LogP contribution in [-0.4, -0.2) is 47.9 Å². The Labute approximate surface area is 195 Å². The van der Waals surface area contributed by atoms with Crippen LogP contribution in [0.3, 0.4) is 0 Å². The summed E-state index contributed by atoms with van der Waals surface area (Å²) in [6, 6.07) is 0. The fraction of sp³-hybridized carbons (Fsp3) is 0.808. The van der Waals surface area contributed by atoms with E-state index in [-0.39, 0.29) is 34.7 Å². The van der Waals surface area contributed by atoms with Crippen LogP contribution in [0, 0.1) is 27.6 Å². The lowest BCUT2D eigenvalue weighted by atomic mass is 9.35. The van der Waals surface area contributed by atoms with Gasteiger partial charge in [-0.15, -0.1) is 0 Å². The van der Waals surface area contributed by atoms with Gasteiger partial charge < -0.3 is 19.3 Å². The molecule has 1 N–H and O–H groups in total. The van der Waals surface area contributed by atoms with Crippen molar-refractivity contribution in [2.45, 2.75) is 90.8 Å². The van der Waals surface area contributed by atoms with Gasteiger partial charge in [0.05, 0.1) is 19.1 Å². The zero-order chi connectivity index (χ0) is 23.9. The number of aliphatic hydroxyl groups excluding tert-OH is 1. The average Bonchev–Trinajstić information content (AvgIpc) is 3.27. The lowest BCUT2D eigenvalue weighted by Crippen LogP contribution is -2.73. The Hall–Kier alpha value is -1.89. The Morgan fingerprint density at radius 2 is 1.91 bits per heavy atom. The van der Waals surface area contributed by atoms with Gasteiger partial charge in [-0.3, -0.25) is 9.59 Å². The van der Waals surface area contributed by atoms with Crippen molar-refractivity contribution in [3.05, 3.63) is 11.6 Å². The van der Waals surface area contributed by atoms with Crippen molar-refractivity contribution in [2.75, 3.05) is 13.2 Å². The molecule has 5 rings (SSSR count). The molecule has 33 heavy (non-hydrogen) atoms. The van der Waals surface area contributed by atoms with Gasteiger partial charge in [0.15, 0.2) is 5.60 Å². The van der Waals surface area contributed by atoms with Crippen LogP contribution in [0.15, 0.2) is 11.6 Å². The Morgan fingerprint density at radius 3 is 2.58 bits per heavy atom. The molecule has 3 aliphatic carbocycles. The number of ether oxygens (including phenoxy) is 3. The summed E-state index contributed by atoms with van der Waals surface area (Å²) in [5.41, 5.74) is -2.65. The minimum Gasteiger partial charge on any atom is -0.465 e. The quantitative estimate of drug-likeness (QED) is 0.383. The van der Waals surface area contributed by atoms with Crippen molar-refractivity contribution in [2.24, 2.45) is 27.6 Å². The molecule has 182 valence electrons. The number of aliphatic hydroxyl groups is 1. The molecule has 0 bridgehead atoms. The molecule has 7 heteroatoms. The van der Waals surface area contributed by atoms with Gasteiger partial charge in [0.25, 0.3) is 0 Å². The second-order valence-electron chi connectivity index (χ2n) is 12.0. The van der Waals surface area contributed by atoms with Crippen molar-refractivity contribution >= 4 is 17.9 Å². The molecule has 2 saturated heterocycles. The third kappa shape index (κ3) is 2.74. The van der Waals surface area contributed by atoms with Crippen LogP contribution < -0.4 is 0 Å². The lowest BCUT2D eigenvalue weighted by Gasteiger charge is -2.69. The maximum absolute atomic E-state index is 13.6. The molecule has 7 atom stereocenters. The van der Waals surface area contributed by atoms with Crippen LogP contribution in [0.5, 0.6) is 0 Å². The second-order valence-corrected chi connectivity index (χ2v) is 12.0. The van der Waals surface area contributed by atoms with Crippen LogP contribution in [0.2, 0.25) is 0 Å². The SMILES string of the molecule is C/C=C(\C)C(=O)O[C@@]12CCC[C@H]3[C@@]1(C(=O)OC2)[C@@H](O)C[C@]1(C)C[C@]2(CC[C@]31C)COC(=O)C2. The Bertz CT molecular complexity index is 941. The summed E-state index contributed by atoms with van der Waals surface area (Å²) in [5, 5.41) is 11.8. The van der Waals surface area contributed by atoms with E-state index in [1.807, 2.05) is 0 Å². The summed E-state index contributed by atoms with van der Waals surface area (Å²) in [4.78, 5) is 38.5. The van der Waals surface area contributed by atoms with E-state index in [2.05, 4.69) is 13.8 Å². The lowest BCUT2D eigenvalue weighted by molar-refractivity contribution is -0.268. The smallest absolute Gasteiger partial charge is 0.334 e. The highest BCUT2D eigenvalue weighted by atomic mass is 16.6. The zero-order valence-electron chi connectivity index (χ0n) is 20.2. The predicted octanol–water partition coefficient (Wildman–Crippen LogP) is 3.47. The molecular weight excluding hydrogens is 424 g/mol. The van der Waals surface area contributed by atoms with Crippen LogP contribution in [0.4, 0.5) is 0 Å². The summed E-state index contributed by atoms with van der Waals surface area (Å²) in [5.74, 6) is -1.19. The van der Waals surface area contributed by atoms with Gasteiger partial charge in [0.2, 0.25) is 0 Å². The van der Waals surface area contributed by atoms with E-state index in [0.717, 1.165) is 32.1 Å². The fourth-order valence-electron chi connectivity index (χ4n) is 8.55. The summed E-state index contributed by atoms with van der Waals surface area (Å²) in [6.45, 7) is 8.37. The van der Waals surface area contributed by atoms with E-state index in [1.165, 1.54) is 0 Å². The van der Waals surface area contributed by atoms with Gasteiger partial charge in [0.1, 0.15) is 12.0 Å². The molecule has 0 amide bonds. The first-order valence-electron chi connectivity index (χ1n) is 12.3. The van der Waals surface area contributed by atoms with E-state index in [0.29, 0.717) is 31.4 Å². The number of carbonyl (C=O) groups excluding carboxylic acids is 3. The van der Waals surface area contributed by atoms with Crippen molar-refractivity contribution < 1.29 is 33.7 Å². The summed E-state index contributed by atoms with van der Waals surface area (Å²) < 4.78 is 17.2. The normalized spacial score (nSPS) is 49.1. The van der Waals surface area contributed by atoms with Gasteiger partial charge in [-0.1, -0.05) is 19.9 Å². The second kappa shape index (κ2) is 7.06. The fourth-order valence-corrected chi connectivity index (χ4v) is 8.55. The topological polar surface area (TPSA) is 99.1 Å². The molecule has 0 radical (unpaired) electrons. The number of fused-ring (bicyclic) bond motifs is 2. The molecule has 5 aliphatic rings. The molecule has 3 saturated carbocycles. The average molecular weight is 461 g/mol. The first-order valence-corrected chi connectivity index (χ1v) is 12.3. The van der Waals surface area contributed by atoms with Crippen LogP contribution in [0.1, 0.15) is 79.1 Å². The molecule has 7 nitrogen and oxygen atoms in total. The number of hydrogen-bond acceptors (Lipinski definition) is 7. The third-order valence-corrected chi connectivity index (χ3v) is 10.5. The molecule has 0 aromatic heterocycles. The molecule has 2 heterocycles. The maximum atomic E-state index is 13.6. The number of cyclic esters (lactones) is 2. The molecule has 5 fully saturated rings. The van der Waals surface area contributed by atoms with Gasteiger partial charge >= 0.3 is 17.9 Å². The number of hydrogen-bond donors (Lipinski definition) is 1. The molecule has 0 unspecified atom stereocenters. The first-order chi connectivity index (χ1) is 15.5. The summed E-state index contributed by atoms with van der Waals surface area (Å²) in [7, 11) is 0. The van der Waals surface area contributed by atoms with E-state index >= 15 is 0 Å². The van der Waals surface area contributed by atoms with Gasteiger partial charge in [-0.25, -0.2) is 4.79 Å². The van der Waals surface area contributed by atoms with Crippen molar-refractivity contribution in [3.8, 4) is 0 Å². The monoisotopic (exact) mass is 460 g/mol. The Kier molecular flexibility index (Phi) is 4.90. The first kappa shape index (κ1) is 22.9. The highest BCUT2D eigenvalue weighted by Crippen LogP contribution is 2.74. The zero-order valence-corrected chi connectivity index (χ0v) is 20.2. The minimum atomic E-state index is -1.25. The summed E-state index contributed by atoms with van der Waals surface area (Å²) in [6.07, 6.45) is 6.12. The number of carbonyl (C=O) groups is 3. The van der Waals surface area contributed by atoms with Gasteiger partial charge in [0, 0.05) is 11.0 Å². The molecule has 0 aromatic carbocycles. The minimum absolute atomic E-state index is 0.00119. The third-order valence-electron chi connectivity index (χ3n) is 10.5. The molecule has 0 aromatic rings. The Balaban J connectivity index is 1.58. The Morgan fingerprint density at radius 1 is 1.15 bits per heavy atom. The molecular formula is C26H36O7. The molecule has 2 aliphatic heterocycles. The van der Waals surface area contributed by atoms with Gasteiger partial charge in [-0.2, -0.15) is 0 Å². The highest BCUT2D eigenvalue weighted by molar-refractivity contribution is 5.90. The van der Waals surface area contributed by atoms with Crippen molar-refractivity contribution in [1.29, 1.82) is 0 Å². The number of esters is 3. The molecule has 2 spiro atoms. The van der Waals surface area contributed by atoms with Crippen LogP contribution in [0.25, 0.3) is 0 Å². The highest BCUT2D eigenvalue weighted by Gasteiger charge is 2.80. The van der Waals surface area contributed by atoms with Gasteiger partial charge in [-0.05, 0) is 75.5 Å². The predicted molar refractivity (Wildman–Crippen MR) is 118 cm³/mol. The van der Waals surface area contributed by atoms with E-state index < -0.39 is 29.1 Å². The standard InChI is InChI=1S/C26H36O7/c1-5-16(2)20(29)33-25-8-6-7-17-23(4)9-10-24(12-19(28)31-14-24)13-22(23,3)11-18(27)26(17,25)21(30)32-15-25/h5,17-18,27H,6-15H2,1-4H3/b16-5+/t17-,18+,22-,23-,24-,25-,26+/m1/s1. The van der Waals surface area contributed by atoms with Crippen molar-refractivity contribution in [3.63, 3.8) is 0 Å². The summed E-state index contributed by atoms with van der Waals surface area (Å²) >= 11 is 0. The van der Waals surface area contributed by atoms with E-state index in [9.17, 15) is 19.5 Å². The van der Waals surface area contributed by atoms with Crippen LogP contribution >= 0.6 is 0 Å².